The van der Waals surface area contributed by atoms with Crippen LogP contribution in [-0.2, 0) is 19.1 Å². The van der Waals surface area contributed by atoms with Crippen LogP contribution in [0.5, 0.6) is 0 Å². The zero-order valence-electron chi connectivity index (χ0n) is 8.22. The molecule has 0 bridgehead atoms. The van der Waals surface area contributed by atoms with Crippen LogP contribution in [0.3, 0.4) is 0 Å². The van der Waals surface area contributed by atoms with Crippen molar-refractivity contribution in [2.24, 2.45) is 0 Å². The molecule has 0 aromatic heterocycles. The smallest absolute Gasteiger partial charge is 0.328 e. The van der Waals surface area contributed by atoms with Gasteiger partial charge in [-0.15, -0.1) is 0 Å². The van der Waals surface area contributed by atoms with E-state index in [0.29, 0.717) is 13.0 Å². The number of carbonyl (C=O) groups excluding carboxylic acids is 1. The fourth-order valence-corrected chi connectivity index (χ4v) is 1.92. The Morgan fingerprint density at radius 1 is 1.53 bits per heavy atom. The van der Waals surface area contributed by atoms with Gasteiger partial charge in [0.25, 0.3) is 5.91 Å². The quantitative estimate of drug-likeness (QED) is 0.668. The second kappa shape index (κ2) is 4.16. The molecule has 6 nitrogen and oxygen atoms in total. The fourth-order valence-electron chi connectivity index (χ4n) is 1.92. The molecule has 0 saturated carbocycles. The minimum atomic E-state index is -1.04. The van der Waals surface area contributed by atoms with Gasteiger partial charge in [0.05, 0.1) is 6.61 Å². The maximum absolute atomic E-state index is 11.6. The van der Waals surface area contributed by atoms with Gasteiger partial charge in [-0.1, -0.05) is 0 Å². The molecule has 15 heavy (non-hydrogen) atoms. The molecule has 0 aromatic carbocycles. The van der Waals surface area contributed by atoms with E-state index in [1.165, 1.54) is 4.90 Å². The summed E-state index contributed by atoms with van der Waals surface area (Å²) in [6.07, 6.45) is 1.18. The predicted molar refractivity (Wildman–Crippen MR) is 48.1 cm³/mol. The third-order valence-corrected chi connectivity index (χ3v) is 2.63. The van der Waals surface area contributed by atoms with Crippen molar-refractivity contribution in [3.63, 3.8) is 0 Å². The van der Waals surface area contributed by atoms with Crippen molar-refractivity contribution in [2.45, 2.75) is 25.1 Å². The lowest BCUT2D eigenvalue weighted by Gasteiger charge is -2.36. The largest absolute Gasteiger partial charge is 0.480 e. The number of amides is 1. The second-order valence-electron chi connectivity index (χ2n) is 3.64. The monoisotopic (exact) mass is 215 g/mol. The van der Waals surface area contributed by atoms with Gasteiger partial charge in [-0.25, -0.2) is 4.79 Å². The van der Waals surface area contributed by atoms with Crippen molar-refractivity contribution < 1.29 is 24.2 Å². The van der Waals surface area contributed by atoms with Crippen LogP contribution in [0, 0.1) is 0 Å². The number of carboxylic acid groups (broad SMARTS) is 1. The second-order valence-corrected chi connectivity index (χ2v) is 3.64. The summed E-state index contributed by atoms with van der Waals surface area (Å²) < 4.78 is 10.2. The number of nitrogens with zero attached hydrogens (tertiary/aromatic N) is 1. The molecular weight excluding hydrogens is 202 g/mol. The van der Waals surface area contributed by atoms with E-state index in [1.807, 2.05) is 0 Å². The highest BCUT2D eigenvalue weighted by Crippen LogP contribution is 2.21. The lowest BCUT2D eigenvalue weighted by Crippen LogP contribution is -2.57. The molecule has 2 atom stereocenters. The Kier molecular flexibility index (Phi) is 2.88. The summed E-state index contributed by atoms with van der Waals surface area (Å²) in [5.41, 5.74) is 0. The molecule has 0 aliphatic carbocycles. The molecule has 0 aromatic rings. The highest BCUT2D eigenvalue weighted by molar-refractivity contribution is 5.85. The highest BCUT2D eigenvalue weighted by Gasteiger charge is 2.40. The number of ether oxygens (including phenoxy) is 2. The van der Waals surface area contributed by atoms with Gasteiger partial charge in [-0.2, -0.15) is 0 Å². The average molecular weight is 215 g/mol. The highest BCUT2D eigenvalue weighted by atomic mass is 16.5. The van der Waals surface area contributed by atoms with Crippen molar-refractivity contribution >= 4 is 11.9 Å². The van der Waals surface area contributed by atoms with E-state index in [0.717, 1.165) is 6.42 Å². The molecular formula is C9H13NO5. The number of hydrogen-bond donors (Lipinski definition) is 1. The number of morpholine rings is 1. The average Bonchev–Trinajstić information content (AvgIpc) is 2.70. The van der Waals surface area contributed by atoms with Crippen LogP contribution in [0.4, 0.5) is 0 Å². The molecule has 0 spiro atoms. The van der Waals surface area contributed by atoms with E-state index >= 15 is 0 Å². The maximum Gasteiger partial charge on any atom is 0.328 e. The molecule has 6 heteroatoms. The molecule has 1 amide bonds. The van der Waals surface area contributed by atoms with E-state index in [9.17, 15) is 9.59 Å². The normalized spacial score (nSPS) is 32.0. The van der Waals surface area contributed by atoms with Crippen LogP contribution in [0.25, 0.3) is 0 Å². The van der Waals surface area contributed by atoms with Gasteiger partial charge in [-0.05, 0) is 12.8 Å². The number of carbonyl (C=O) groups is 2. The maximum atomic E-state index is 11.6. The Balaban J connectivity index is 2.14. The van der Waals surface area contributed by atoms with Gasteiger partial charge < -0.3 is 14.6 Å². The first-order chi connectivity index (χ1) is 7.20. The summed E-state index contributed by atoms with van der Waals surface area (Å²) in [4.78, 5) is 23.8. The Bertz CT molecular complexity index is 274. The lowest BCUT2D eigenvalue weighted by atomic mass is 10.2. The first-order valence-corrected chi connectivity index (χ1v) is 4.93. The first-order valence-electron chi connectivity index (χ1n) is 4.93. The number of carboxylic acids is 1. The SMILES string of the molecule is O=C(O)C1COCC(=O)N1C1CCCO1. The van der Waals surface area contributed by atoms with E-state index in [2.05, 4.69) is 0 Å². The minimum Gasteiger partial charge on any atom is -0.480 e. The van der Waals surface area contributed by atoms with E-state index < -0.39 is 12.0 Å². The summed E-state index contributed by atoms with van der Waals surface area (Å²) in [7, 11) is 0. The summed E-state index contributed by atoms with van der Waals surface area (Å²) >= 11 is 0. The van der Waals surface area contributed by atoms with Crippen molar-refractivity contribution in [2.75, 3.05) is 19.8 Å². The van der Waals surface area contributed by atoms with Crippen molar-refractivity contribution in [1.29, 1.82) is 0 Å². The van der Waals surface area contributed by atoms with Gasteiger partial charge in [0.15, 0.2) is 6.04 Å². The van der Waals surface area contributed by atoms with Gasteiger partial charge >= 0.3 is 5.97 Å². The topological polar surface area (TPSA) is 76.1 Å². The van der Waals surface area contributed by atoms with Crippen LogP contribution >= 0.6 is 0 Å². The van der Waals surface area contributed by atoms with E-state index in [-0.39, 0.29) is 25.3 Å². The summed E-state index contributed by atoms with van der Waals surface area (Å²) in [5, 5.41) is 8.96. The minimum absolute atomic E-state index is 0.0426. The standard InChI is InChI=1S/C9H13NO5/c11-7-5-14-4-6(9(12)13)10(7)8-2-1-3-15-8/h6,8H,1-5H2,(H,12,13). The molecule has 2 saturated heterocycles. The molecule has 2 aliphatic heterocycles. The zero-order chi connectivity index (χ0) is 10.8. The number of aliphatic carboxylic acids is 1. The Morgan fingerprint density at radius 3 is 2.93 bits per heavy atom. The van der Waals surface area contributed by atoms with Gasteiger partial charge in [0.2, 0.25) is 0 Å². The fraction of sp³-hybridized carbons (Fsp3) is 0.778. The van der Waals surface area contributed by atoms with Crippen LogP contribution in [0.2, 0.25) is 0 Å². The van der Waals surface area contributed by atoms with Gasteiger partial charge in [0, 0.05) is 6.61 Å². The van der Waals surface area contributed by atoms with Gasteiger partial charge in [0.1, 0.15) is 12.8 Å². The molecule has 84 valence electrons. The third kappa shape index (κ3) is 1.95. The molecule has 2 heterocycles. The Hall–Kier alpha value is -1.14. The summed E-state index contributed by atoms with van der Waals surface area (Å²) in [6, 6.07) is -0.908. The van der Waals surface area contributed by atoms with E-state index in [1.54, 1.807) is 0 Å². The van der Waals surface area contributed by atoms with Crippen molar-refractivity contribution in [1.82, 2.24) is 4.90 Å². The molecule has 2 rings (SSSR count). The number of hydrogen-bond acceptors (Lipinski definition) is 4. The lowest BCUT2D eigenvalue weighted by molar-refractivity contribution is -0.176. The summed E-state index contributed by atoms with van der Waals surface area (Å²) in [6.45, 7) is 0.576. The van der Waals surface area contributed by atoms with Crippen LogP contribution in [0.15, 0.2) is 0 Å². The summed E-state index contributed by atoms with van der Waals surface area (Å²) in [5.74, 6) is -1.35. The molecule has 2 aliphatic rings. The van der Waals surface area contributed by atoms with Crippen LogP contribution in [-0.4, -0.2) is 54.0 Å². The Labute approximate surface area is 86.8 Å². The van der Waals surface area contributed by atoms with E-state index in [4.69, 9.17) is 14.6 Å². The first kappa shape index (κ1) is 10.4. The Morgan fingerprint density at radius 2 is 2.33 bits per heavy atom. The van der Waals surface area contributed by atoms with Crippen molar-refractivity contribution in [3.8, 4) is 0 Å². The zero-order valence-corrected chi connectivity index (χ0v) is 8.22. The number of rotatable bonds is 2. The van der Waals surface area contributed by atoms with Crippen LogP contribution < -0.4 is 0 Å². The van der Waals surface area contributed by atoms with Crippen LogP contribution in [0.1, 0.15) is 12.8 Å². The predicted octanol–water partition coefficient (Wildman–Crippen LogP) is -0.565. The molecule has 2 unspecified atom stereocenters. The van der Waals surface area contributed by atoms with Gasteiger partial charge in [-0.3, -0.25) is 9.69 Å². The third-order valence-electron chi connectivity index (χ3n) is 2.63. The molecule has 2 fully saturated rings. The molecule has 0 radical (unpaired) electrons. The molecule has 1 N–H and O–H groups in total. The van der Waals surface area contributed by atoms with Crippen molar-refractivity contribution in [3.05, 3.63) is 0 Å².